The minimum absolute atomic E-state index is 0.488. The average molecular weight is 279 g/mol. The summed E-state index contributed by atoms with van der Waals surface area (Å²) in [6, 6.07) is 6.93. The van der Waals surface area contributed by atoms with Gasteiger partial charge in [-0.1, -0.05) is 17.7 Å². The topological polar surface area (TPSA) is 53.4 Å². The minimum Gasteiger partial charge on any atom is -0.480 e. The number of nitrogens with zero attached hydrogens (tertiary/aromatic N) is 2. The first-order valence-electron chi connectivity index (χ1n) is 5.95. The van der Waals surface area contributed by atoms with Crippen molar-refractivity contribution < 1.29 is 9.90 Å². The Morgan fingerprint density at radius 3 is 2.95 bits per heavy atom. The fraction of sp³-hybridized carbons (Fsp3) is 0.286. The van der Waals surface area contributed by atoms with Gasteiger partial charge in [0.1, 0.15) is 6.04 Å². The molecule has 4 nitrogen and oxygen atoms in total. The molecule has 0 unspecified atom stereocenters. The summed E-state index contributed by atoms with van der Waals surface area (Å²) in [6.45, 7) is 2.14. The molecule has 100 valence electrons. The zero-order valence-corrected chi connectivity index (χ0v) is 11.6. The Balaban J connectivity index is 2.37. The fourth-order valence-corrected chi connectivity index (χ4v) is 2.19. The summed E-state index contributed by atoms with van der Waals surface area (Å²) in [5.41, 5.74) is 1.79. The van der Waals surface area contributed by atoms with E-state index in [1.807, 2.05) is 24.3 Å². The number of carboxylic acid groups (broad SMARTS) is 1. The molecule has 0 aliphatic heterocycles. The van der Waals surface area contributed by atoms with E-state index >= 15 is 0 Å². The van der Waals surface area contributed by atoms with Crippen LogP contribution in [0.25, 0.3) is 10.9 Å². The monoisotopic (exact) mass is 278 g/mol. The van der Waals surface area contributed by atoms with Crippen molar-refractivity contribution in [2.75, 3.05) is 7.05 Å². The predicted octanol–water partition coefficient (Wildman–Crippen LogP) is 2.79. The van der Waals surface area contributed by atoms with Crippen LogP contribution in [0, 0.1) is 0 Å². The van der Waals surface area contributed by atoms with Crippen LogP contribution in [0.1, 0.15) is 12.5 Å². The molecular formula is C14H15ClN2O2. The highest BCUT2D eigenvalue weighted by Gasteiger charge is 2.18. The normalized spacial score (nSPS) is 12.8. The van der Waals surface area contributed by atoms with Gasteiger partial charge in [-0.3, -0.25) is 14.7 Å². The molecule has 0 aliphatic rings. The first-order chi connectivity index (χ1) is 8.99. The van der Waals surface area contributed by atoms with Crippen molar-refractivity contribution in [3.8, 4) is 0 Å². The smallest absolute Gasteiger partial charge is 0.320 e. The summed E-state index contributed by atoms with van der Waals surface area (Å²) in [6.07, 6.45) is 1.72. The van der Waals surface area contributed by atoms with Crippen molar-refractivity contribution in [1.82, 2.24) is 9.88 Å². The number of hydrogen-bond acceptors (Lipinski definition) is 3. The third-order valence-electron chi connectivity index (χ3n) is 3.19. The molecule has 19 heavy (non-hydrogen) atoms. The number of aromatic nitrogens is 1. The van der Waals surface area contributed by atoms with E-state index in [0.29, 0.717) is 11.6 Å². The number of likely N-dealkylation sites (N-methyl/N-ethyl adjacent to an activating group) is 1. The molecule has 5 heteroatoms. The molecule has 0 radical (unpaired) electrons. The third kappa shape index (κ3) is 3.03. The van der Waals surface area contributed by atoms with Crippen molar-refractivity contribution in [1.29, 1.82) is 0 Å². The maximum atomic E-state index is 11.0. The Hall–Kier alpha value is -1.65. The molecular weight excluding hydrogens is 264 g/mol. The Kier molecular flexibility index (Phi) is 4.02. The van der Waals surface area contributed by atoms with Crippen LogP contribution in [0.2, 0.25) is 5.02 Å². The molecule has 0 spiro atoms. The second-order valence-electron chi connectivity index (χ2n) is 4.57. The Labute approximate surface area is 116 Å². The second kappa shape index (κ2) is 5.55. The lowest BCUT2D eigenvalue weighted by atomic mass is 10.1. The number of pyridine rings is 1. The van der Waals surface area contributed by atoms with Crippen LogP contribution < -0.4 is 0 Å². The van der Waals surface area contributed by atoms with Crippen LogP contribution >= 0.6 is 11.6 Å². The molecule has 0 saturated carbocycles. The molecule has 2 rings (SSSR count). The quantitative estimate of drug-likeness (QED) is 0.934. The standard InChI is InChI=1S/C14H15ClN2O2/c1-9(14(18)19)17(2)8-11-7-12(15)6-10-4-3-5-16-13(10)11/h3-7,9H,8H2,1-2H3,(H,18,19)/t9-/m1/s1. The maximum Gasteiger partial charge on any atom is 0.320 e. The minimum atomic E-state index is -0.846. The van der Waals surface area contributed by atoms with Crippen LogP contribution in [0.3, 0.4) is 0 Å². The van der Waals surface area contributed by atoms with E-state index in [9.17, 15) is 4.79 Å². The molecule has 0 aliphatic carbocycles. The number of aliphatic carboxylic acids is 1. The Morgan fingerprint density at radius 1 is 1.53 bits per heavy atom. The van der Waals surface area contributed by atoms with Crippen LogP contribution in [0.5, 0.6) is 0 Å². The van der Waals surface area contributed by atoms with Crippen molar-refractivity contribution >= 4 is 28.5 Å². The SMILES string of the molecule is C[C@H](C(=O)O)N(C)Cc1cc(Cl)cc2cccnc12. The first kappa shape index (κ1) is 13.8. The summed E-state index contributed by atoms with van der Waals surface area (Å²) in [7, 11) is 1.77. The highest BCUT2D eigenvalue weighted by atomic mass is 35.5. The Morgan fingerprint density at radius 2 is 2.26 bits per heavy atom. The van der Waals surface area contributed by atoms with E-state index in [-0.39, 0.29) is 0 Å². The summed E-state index contributed by atoms with van der Waals surface area (Å²) >= 11 is 6.09. The van der Waals surface area contributed by atoms with Crippen LogP contribution in [0.4, 0.5) is 0 Å². The first-order valence-corrected chi connectivity index (χ1v) is 6.33. The molecule has 1 aromatic carbocycles. The van der Waals surface area contributed by atoms with Crippen LogP contribution in [-0.2, 0) is 11.3 Å². The van der Waals surface area contributed by atoms with Crippen molar-refractivity contribution in [2.45, 2.75) is 19.5 Å². The molecule has 1 heterocycles. The largest absolute Gasteiger partial charge is 0.480 e. The summed E-state index contributed by atoms with van der Waals surface area (Å²) < 4.78 is 0. The maximum absolute atomic E-state index is 11.0. The molecule has 0 amide bonds. The van der Waals surface area contributed by atoms with Gasteiger partial charge in [-0.25, -0.2) is 0 Å². The average Bonchev–Trinajstić information content (AvgIpc) is 2.37. The van der Waals surface area contributed by atoms with Gasteiger partial charge in [-0.05, 0) is 37.7 Å². The number of carbonyl (C=O) groups is 1. The fourth-order valence-electron chi connectivity index (χ4n) is 1.94. The molecule has 0 saturated heterocycles. The van der Waals surface area contributed by atoms with Gasteiger partial charge in [0.2, 0.25) is 0 Å². The summed E-state index contributed by atoms with van der Waals surface area (Å²) in [4.78, 5) is 17.1. The van der Waals surface area contributed by atoms with E-state index in [1.165, 1.54) is 0 Å². The number of halogens is 1. The lowest BCUT2D eigenvalue weighted by Crippen LogP contribution is -2.35. The number of benzene rings is 1. The highest BCUT2D eigenvalue weighted by molar-refractivity contribution is 6.31. The molecule has 1 atom stereocenters. The predicted molar refractivity (Wildman–Crippen MR) is 75.3 cm³/mol. The van der Waals surface area contributed by atoms with E-state index in [4.69, 9.17) is 16.7 Å². The van der Waals surface area contributed by atoms with Gasteiger partial charge < -0.3 is 5.11 Å². The molecule has 0 fully saturated rings. The second-order valence-corrected chi connectivity index (χ2v) is 5.01. The molecule has 2 aromatic rings. The van der Waals surface area contributed by atoms with Crippen molar-refractivity contribution in [3.05, 3.63) is 41.0 Å². The van der Waals surface area contributed by atoms with Gasteiger partial charge in [-0.2, -0.15) is 0 Å². The number of rotatable bonds is 4. The summed E-state index contributed by atoms with van der Waals surface area (Å²) in [5.74, 6) is -0.846. The van der Waals surface area contributed by atoms with Crippen LogP contribution in [-0.4, -0.2) is 34.0 Å². The number of carboxylic acids is 1. The van der Waals surface area contributed by atoms with Gasteiger partial charge in [-0.15, -0.1) is 0 Å². The van der Waals surface area contributed by atoms with E-state index in [2.05, 4.69) is 4.98 Å². The lowest BCUT2D eigenvalue weighted by Gasteiger charge is -2.21. The van der Waals surface area contributed by atoms with E-state index < -0.39 is 12.0 Å². The Bertz CT molecular complexity index is 615. The zero-order chi connectivity index (χ0) is 14.0. The van der Waals surface area contributed by atoms with Gasteiger partial charge in [0, 0.05) is 23.2 Å². The van der Waals surface area contributed by atoms with Gasteiger partial charge in [0.05, 0.1) is 5.52 Å². The zero-order valence-electron chi connectivity index (χ0n) is 10.8. The van der Waals surface area contributed by atoms with Gasteiger partial charge in [0.25, 0.3) is 0 Å². The highest BCUT2D eigenvalue weighted by Crippen LogP contribution is 2.23. The van der Waals surface area contributed by atoms with Gasteiger partial charge in [0.15, 0.2) is 0 Å². The van der Waals surface area contributed by atoms with E-state index in [0.717, 1.165) is 16.5 Å². The van der Waals surface area contributed by atoms with Crippen LogP contribution in [0.15, 0.2) is 30.5 Å². The van der Waals surface area contributed by atoms with Crippen molar-refractivity contribution in [3.63, 3.8) is 0 Å². The molecule has 0 bridgehead atoms. The number of hydrogen-bond donors (Lipinski definition) is 1. The third-order valence-corrected chi connectivity index (χ3v) is 3.41. The van der Waals surface area contributed by atoms with E-state index in [1.54, 1.807) is 25.1 Å². The number of fused-ring (bicyclic) bond motifs is 1. The molecule has 1 aromatic heterocycles. The molecule has 1 N–H and O–H groups in total. The van der Waals surface area contributed by atoms with Gasteiger partial charge >= 0.3 is 5.97 Å². The lowest BCUT2D eigenvalue weighted by molar-refractivity contribution is -0.142. The summed E-state index contributed by atoms with van der Waals surface area (Å²) in [5, 5.41) is 10.6. The van der Waals surface area contributed by atoms with Crippen molar-refractivity contribution in [2.24, 2.45) is 0 Å².